The van der Waals surface area contributed by atoms with E-state index in [0.29, 0.717) is 11.8 Å². The Kier molecular flexibility index (Phi) is 6.93. The van der Waals surface area contributed by atoms with Crippen LogP contribution in [0.25, 0.3) is 0 Å². The number of ether oxygens (including phenoxy) is 1. The molecule has 1 aromatic carbocycles. The summed E-state index contributed by atoms with van der Waals surface area (Å²) in [6.45, 7) is 10.4. The van der Waals surface area contributed by atoms with Crippen molar-refractivity contribution < 1.29 is 4.74 Å². The second kappa shape index (κ2) is 8.21. The van der Waals surface area contributed by atoms with Gasteiger partial charge in [-0.1, -0.05) is 39.8 Å². The zero-order valence-electron chi connectivity index (χ0n) is 12.9. The van der Waals surface area contributed by atoms with Crippen molar-refractivity contribution in [2.45, 2.75) is 58.8 Å². The number of rotatable bonds is 8. The fraction of sp³-hybridized carbons (Fsp3) is 0.647. The quantitative estimate of drug-likeness (QED) is 0.752. The molecule has 1 aromatic rings. The van der Waals surface area contributed by atoms with Crippen LogP contribution in [0.3, 0.4) is 0 Å². The molecule has 1 atom stereocenters. The first kappa shape index (κ1) is 16.0. The lowest BCUT2D eigenvalue weighted by atomic mass is 9.91. The van der Waals surface area contributed by atoms with Crippen molar-refractivity contribution in [1.82, 2.24) is 0 Å². The molecule has 0 radical (unpaired) electrons. The molecule has 108 valence electrons. The first-order valence-electron chi connectivity index (χ1n) is 7.56. The van der Waals surface area contributed by atoms with Crippen molar-refractivity contribution in [2.24, 2.45) is 5.73 Å². The normalized spacial score (nSPS) is 12.7. The Morgan fingerprint density at radius 1 is 1.21 bits per heavy atom. The molecule has 0 fully saturated rings. The molecular weight excluding hydrogens is 234 g/mol. The third-order valence-corrected chi connectivity index (χ3v) is 3.53. The molecule has 2 nitrogen and oxygen atoms in total. The lowest BCUT2D eigenvalue weighted by Crippen LogP contribution is -2.04. The smallest absolute Gasteiger partial charge is 0.122 e. The summed E-state index contributed by atoms with van der Waals surface area (Å²) in [5.74, 6) is 2.11. The molecule has 0 amide bonds. The van der Waals surface area contributed by atoms with Crippen LogP contribution >= 0.6 is 0 Å². The number of hydrogen-bond donors (Lipinski definition) is 1. The Hall–Kier alpha value is -1.02. The highest BCUT2D eigenvalue weighted by Crippen LogP contribution is 2.31. The molecule has 0 saturated heterocycles. The van der Waals surface area contributed by atoms with E-state index in [0.717, 1.165) is 38.2 Å². The molecule has 1 unspecified atom stereocenters. The van der Waals surface area contributed by atoms with Gasteiger partial charge in [-0.15, -0.1) is 0 Å². The van der Waals surface area contributed by atoms with E-state index >= 15 is 0 Å². The number of benzene rings is 1. The van der Waals surface area contributed by atoms with Gasteiger partial charge in [0.05, 0.1) is 6.61 Å². The van der Waals surface area contributed by atoms with E-state index < -0.39 is 0 Å². The van der Waals surface area contributed by atoms with Crippen LogP contribution in [-0.4, -0.2) is 13.2 Å². The van der Waals surface area contributed by atoms with Gasteiger partial charge in [-0.3, -0.25) is 0 Å². The van der Waals surface area contributed by atoms with Crippen molar-refractivity contribution in [3.05, 3.63) is 29.3 Å². The van der Waals surface area contributed by atoms with E-state index in [-0.39, 0.29) is 0 Å². The van der Waals surface area contributed by atoms with Crippen LogP contribution in [-0.2, 0) is 0 Å². The average molecular weight is 263 g/mol. The minimum atomic E-state index is 0.494. The van der Waals surface area contributed by atoms with Gasteiger partial charge in [0.1, 0.15) is 5.75 Å². The van der Waals surface area contributed by atoms with Crippen LogP contribution in [0.15, 0.2) is 18.2 Å². The summed E-state index contributed by atoms with van der Waals surface area (Å²) < 4.78 is 5.84. The van der Waals surface area contributed by atoms with Gasteiger partial charge in [-0.2, -0.15) is 0 Å². The monoisotopic (exact) mass is 263 g/mol. The maximum atomic E-state index is 5.84. The van der Waals surface area contributed by atoms with Gasteiger partial charge >= 0.3 is 0 Å². The molecule has 19 heavy (non-hydrogen) atoms. The van der Waals surface area contributed by atoms with Crippen LogP contribution in [0.4, 0.5) is 0 Å². The fourth-order valence-corrected chi connectivity index (χ4v) is 2.26. The Bertz CT molecular complexity index is 374. The van der Waals surface area contributed by atoms with Gasteiger partial charge < -0.3 is 10.5 Å². The van der Waals surface area contributed by atoms with Crippen LogP contribution in [0.1, 0.15) is 69.9 Å². The van der Waals surface area contributed by atoms with E-state index in [4.69, 9.17) is 10.5 Å². The predicted octanol–water partition coefficient (Wildman–Crippen LogP) is 4.44. The lowest BCUT2D eigenvalue weighted by Gasteiger charge is -2.18. The summed E-state index contributed by atoms with van der Waals surface area (Å²) in [5, 5.41) is 0. The highest BCUT2D eigenvalue weighted by Gasteiger charge is 2.12. The molecule has 0 aliphatic heterocycles. The first-order chi connectivity index (χ1) is 9.10. The van der Waals surface area contributed by atoms with Crippen molar-refractivity contribution in [3.63, 3.8) is 0 Å². The Labute approximate surface area is 118 Å². The molecule has 0 aliphatic carbocycles. The predicted molar refractivity (Wildman–Crippen MR) is 83.0 cm³/mol. The van der Waals surface area contributed by atoms with Crippen LogP contribution in [0.5, 0.6) is 5.75 Å². The van der Waals surface area contributed by atoms with E-state index in [1.54, 1.807) is 0 Å². The average Bonchev–Trinajstić information content (AvgIpc) is 2.42. The van der Waals surface area contributed by atoms with E-state index in [1.807, 2.05) is 0 Å². The highest BCUT2D eigenvalue weighted by atomic mass is 16.5. The van der Waals surface area contributed by atoms with Gasteiger partial charge in [-0.05, 0) is 54.8 Å². The van der Waals surface area contributed by atoms with Gasteiger partial charge in [-0.25, -0.2) is 0 Å². The summed E-state index contributed by atoms with van der Waals surface area (Å²) in [6, 6.07) is 6.66. The fourth-order valence-electron chi connectivity index (χ4n) is 2.26. The SMILES string of the molecule is CCCOc1ccc(C(C)CCCN)cc1C(C)C. The highest BCUT2D eigenvalue weighted by molar-refractivity contribution is 5.40. The second-order valence-electron chi connectivity index (χ2n) is 5.63. The molecule has 2 heteroatoms. The Morgan fingerprint density at radius 3 is 2.53 bits per heavy atom. The summed E-state index contributed by atoms with van der Waals surface area (Å²) in [5.41, 5.74) is 8.32. The zero-order chi connectivity index (χ0) is 14.3. The van der Waals surface area contributed by atoms with Crippen molar-refractivity contribution in [2.75, 3.05) is 13.2 Å². The van der Waals surface area contributed by atoms with Gasteiger partial charge in [0.25, 0.3) is 0 Å². The largest absolute Gasteiger partial charge is 0.493 e. The summed E-state index contributed by atoms with van der Waals surface area (Å²) in [4.78, 5) is 0. The molecule has 2 N–H and O–H groups in total. The summed E-state index contributed by atoms with van der Waals surface area (Å²) in [6.07, 6.45) is 3.29. The molecule has 0 spiro atoms. The summed E-state index contributed by atoms with van der Waals surface area (Å²) in [7, 11) is 0. The van der Waals surface area contributed by atoms with Crippen LogP contribution in [0, 0.1) is 0 Å². The molecule has 0 aliphatic rings. The van der Waals surface area contributed by atoms with Gasteiger partial charge in [0, 0.05) is 0 Å². The Morgan fingerprint density at radius 2 is 1.95 bits per heavy atom. The Balaban J connectivity index is 2.88. The maximum Gasteiger partial charge on any atom is 0.122 e. The lowest BCUT2D eigenvalue weighted by molar-refractivity contribution is 0.313. The van der Waals surface area contributed by atoms with Crippen molar-refractivity contribution >= 4 is 0 Å². The van der Waals surface area contributed by atoms with E-state index in [1.165, 1.54) is 11.1 Å². The van der Waals surface area contributed by atoms with E-state index in [2.05, 4.69) is 45.9 Å². The third-order valence-electron chi connectivity index (χ3n) is 3.53. The minimum Gasteiger partial charge on any atom is -0.493 e. The van der Waals surface area contributed by atoms with Crippen molar-refractivity contribution in [1.29, 1.82) is 0 Å². The second-order valence-corrected chi connectivity index (χ2v) is 5.63. The zero-order valence-corrected chi connectivity index (χ0v) is 12.9. The molecule has 0 heterocycles. The topological polar surface area (TPSA) is 35.2 Å². The number of nitrogens with two attached hydrogens (primary N) is 1. The van der Waals surface area contributed by atoms with Gasteiger partial charge in [0.15, 0.2) is 0 Å². The summed E-state index contributed by atoms with van der Waals surface area (Å²) >= 11 is 0. The standard InChI is InChI=1S/C17H29NO/c1-5-11-19-17-9-8-15(12-16(17)13(2)3)14(4)7-6-10-18/h8-9,12-14H,5-7,10-11,18H2,1-4H3. The molecule has 1 rings (SSSR count). The molecular formula is C17H29NO. The van der Waals surface area contributed by atoms with Gasteiger partial charge in [0.2, 0.25) is 0 Å². The van der Waals surface area contributed by atoms with Crippen LogP contribution < -0.4 is 10.5 Å². The molecule has 0 bridgehead atoms. The first-order valence-corrected chi connectivity index (χ1v) is 7.56. The number of hydrogen-bond acceptors (Lipinski definition) is 2. The third kappa shape index (κ3) is 4.87. The molecule has 0 aromatic heterocycles. The van der Waals surface area contributed by atoms with Crippen molar-refractivity contribution in [3.8, 4) is 5.75 Å². The molecule has 0 saturated carbocycles. The minimum absolute atomic E-state index is 0.494. The van der Waals surface area contributed by atoms with E-state index in [9.17, 15) is 0 Å². The maximum absolute atomic E-state index is 5.84. The van der Waals surface area contributed by atoms with Crippen LogP contribution in [0.2, 0.25) is 0 Å².